The number of cyclic esters (lactones) is 1. The lowest BCUT2D eigenvalue weighted by molar-refractivity contribution is -0.303. The number of fused-ring (bicyclic) bond motifs is 5. The molecular weight excluding hydrogens is 488 g/mol. The predicted octanol–water partition coefficient (Wildman–Crippen LogP) is 2.75. The van der Waals surface area contributed by atoms with E-state index in [0.29, 0.717) is 44.3 Å². The van der Waals surface area contributed by atoms with Gasteiger partial charge in [0.15, 0.2) is 5.78 Å². The first kappa shape index (κ1) is 28.0. The summed E-state index contributed by atoms with van der Waals surface area (Å²) >= 11 is 0. The van der Waals surface area contributed by atoms with E-state index >= 15 is 0 Å². The molecule has 0 bridgehead atoms. The van der Waals surface area contributed by atoms with Crippen molar-refractivity contribution in [2.24, 2.45) is 22.7 Å². The zero-order valence-corrected chi connectivity index (χ0v) is 23.5. The van der Waals surface area contributed by atoms with Gasteiger partial charge in [0.25, 0.3) is 0 Å². The topological polar surface area (TPSA) is 134 Å². The zero-order valence-electron chi connectivity index (χ0n) is 23.5. The van der Waals surface area contributed by atoms with Crippen molar-refractivity contribution in [3.05, 3.63) is 23.3 Å². The van der Waals surface area contributed by atoms with Crippen LogP contribution in [0, 0.1) is 22.7 Å². The molecule has 1 heterocycles. The predicted molar refractivity (Wildman–Crippen MR) is 139 cm³/mol. The van der Waals surface area contributed by atoms with E-state index in [-0.39, 0.29) is 24.5 Å². The normalized spacial score (nSPS) is 50.2. The van der Waals surface area contributed by atoms with Gasteiger partial charge in [-0.3, -0.25) is 4.79 Å². The lowest BCUT2D eigenvalue weighted by Gasteiger charge is -2.67. The molecule has 5 aliphatic rings. The van der Waals surface area contributed by atoms with Crippen molar-refractivity contribution in [3.8, 4) is 0 Å². The molecule has 38 heavy (non-hydrogen) atoms. The van der Waals surface area contributed by atoms with Crippen molar-refractivity contribution in [1.82, 2.24) is 0 Å². The van der Waals surface area contributed by atoms with Crippen LogP contribution < -0.4 is 0 Å². The third kappa shape index (κ3) is 3.10. The van der Waals surface area contributed by atoms with E-state index in [0.717, 1.165) is 5.57 Å². The molecule has 4 N–H and O–H groups in total. The summed E-state index contributed by atoms with van der Waals surface area (Å²) in [7, 11) is 0. The Hall–Kier alpha value is -1.58. The van der Waals surface area contributed by atoms with E-state index in [9.17, 15) is 30.0 Å². The Morgan fingerprint density at radius 3 is 2.39 bits per heavy atom. The van der Waals surface area contributed by atoms with E-state index in [1.54, 1.807) is 19.1 Å². The number of carbonyl (C=O) groups excluding carboxylic acids is 2. The Morgan fingerprint density at radius 1 is 1.08 bits per heavy atom. The fourth-order valence-corrected chi connectivity index (χ4v) is 9.33. The van der Waals surface area contributed by atoms with Crippen molar-refractivity contribution in [3.63, 3.8) is 0 Å². The summed E-state index contributed by atoms with van der Waals surface area (Å²) in [6.07, 6.45) is 3.73. The van der Waals surface area contributed by atoms with Crippen LogP contribution in [0.1, 0.15) is 86.5 Å². The quantitative estimate of drug-likeness (QED) is 0.406. The number of ether oxygens (including phenoxy) is 2. The molecule has 8 nitrogen and oxygen atoms in total. The molecule has 8 heteroatoms. The van der Waals surface area contributed by atoms with Crippen molar-refractivity contribution in [1.29, 1.82) is 0 Å². The molecule has 3 saturated carbocycles. The maximum absolute atomic E-state index is 13.5. The Morgan fingerprint density at radius 2 is 1.76 bits per heavy atom. The van der Waals surface area contributed by atoms with Gasteiger partial charge in [-0.25, -0.2) is 4.79 Å². The van der Waals surface area contributed by atoms with Gasteiger partial charge in [-0.1, -0.05) is 18.6 Å². The maximum Gasteiger partial charge on any atom is 0.334 e. The summed E-state index contributed by atoms with van der Waals surface area (Å²) < 4.78 is 11.7. The maximum atomic E-state index is 13.5. The molecule has 1 aliphatic heterocycles. The van der Waals surface area contributed by atoms with E-state index < -0.39 is 57.3 Å². The number of aliphatic hydroxyl groups is 4. The van der Waals surface area contributed by atoms with Gasteiger partial charge < -0.3 is 29.9 Å². The van der Waals surface area contributed by atoms with Crippen LogP contribution in [0.3, 0.4) is 0 Å². The number of hydrogen-bond acceptors (Lipinski definition) is 8. The zero-order chi connectivity index (χ0) is 28.1. The van der Waals surface area contributed by atoms with Crippen LogP contribution >= 0.6 is 0 Å². The van der Waals surface area contributed by atoms with Gasteiger partial charge in [-0.2, -0.15) is 0 Å². The number of carbonyl (C=O) groups is 2. The minimum Gasteiger partial charge on any atom is -0.455 e. The van der Waals surface area contributed by atoms with Crippen LogP contribution in [0.5, 0.6) is 0 Å². The number of esters is 1. The second kappa shape index (κ2) is 8.46. The fourth-order valence-electron chi connectivity index (χ4n) is 9.33. The van der Waals surface area contributed by atoms with Gasteiger partial charge in [0.05, 0.1) is 17.1 Å². The largest absolute Gasteiger partial charge is 0.455 e. The summed E-state index contributed by atoms with van der Waals surface area (Å²) in [6.45, 7) is 10.9. The Labute approximate surface area is 225 Å². The molecule has 0 aromatic rings. The number of hydrogen-bond donors (Lipinski definition) is 4. The highest BCUT2D eigenvalue weighted by Gasteiger charge is 2.79. The minimum atomic E-state index is -1.83. The second-order valence-electron chi connectivity index (χ2n) is 13.3. The third-order valence-electron chi connectivity index (χ3n) is 12.2. The SMILES string of the molecule is CCOC1CC2C(CCC3(C)C2(O)CCC3(O)C(C)(O)C2CC(C)=C(C)C(=O)O2)C2(C)C(=O)C=CCC12O. The first-order chi connectivity index (χ1) is 17.5. The fraction of sp³-hybridized carbons (Fsp3) is 0.800. The first-order valence-electron chi connectivity index (χ1n) is 14.1. The highest BCUT2D eigenvalue weighted by molar-refractivity contribution is 5.97. The molecule has 0 saturated heterocycles. The molecule has 10 atom stereocenters. The summed E-state index contributed by atoms with van der Waals surface area (Å²) in [5.74, 6) is -1.44. The van der Waals surface area contributed by atoms with Crippen molar-refractivity contribution in [2.75, 3.05) is 6.61 Å². The molecule has 212 valence electrons. The number of rotatable bonds is 4. The average Bonchev–Trinajstić information content (AvgIpc) is 3.08. The number of ketones is 1. The molecule has 0 aromatic carbocycles. The molecule has 0 spiro atoms. The van der Waals surface area contributed by atoms with Gasteiger partial charge in [-0.15, -0.1) is 0 Å². The first-order valence-corrected chi connectivity index (χ1v) is 14.1. The number of allylic oxidation sites excluding steroid dienone is 1. The van der Waals surface area contributed by atoms with Gasteiger partial charge in [0.1, 0.15) is 22.9 Å². The third-order valence-corrected chi connectivity index (χ3v) is 12.2. The molecule has 4 aliphatic carbocycles. The van der Waals surface area contributed by atoms with Crippen LogP contribution in [-0.2, 0) is 19.1 Å². The monoisotopic (exact) mass is 532 g/mol. The van der Waals surface area contributed by atoms with Crippen molar-refractivity contribution < 1.29 is 39.5 Å². The molecule has 10 unspecified atom stereocenters. The summed E-state index contributed by atoms with van der Waals surface area (Å²) in [6, 6.07) is 0. The van der Waals surface area contributed by atoms with Gasteiger partial charge in [-0.05, 0) is 91.1 Å². The Balaban J connectivity index is 1.57. The molecular formula is C30H44O8. The van der Waals surface area contributed by atoms with Crippen LogP contribution in [0.2, 0.25) is 0 Å². The summed E-state index contributed by atoms with van der Waals surface area (Å²) in [4.78, 5) is 26.0. The lowest BCUT2D eigenvalue weighted by atomic mass is 9.41. The molecule has 0 aromatic heterocycles. The van der Waals surface area contributed by atoms with E-state index in [1.165, 1.54) is 6.92 Å². The van der Waals surface area contributed by atoms with E-state index in [4.69, 9.17) is 9.47 Å². The van der Waals surface area contributed by atoms with Gasteiger partial charge >= 0.3 is 5.97 Å². The molecule has 0 radical (unpaired) electrons. The Kier molecular flexibility index (Phi) is 6.23. The Bertz CT molecular complexity index is 1110. The van der Waals surface area contributed by atoms with Crippen LogP contribution in [-0.4, -0.2) is 73.4 Å². The standard InChI is InChI=1S/C30H44O8/c1-7-37-23-16-20-19(26(5)21(31)9-8-11-29(23,26)35)10-12-25(4)28(20,34)13-14-30(25,36)27(6,33)22-15-17(2)18(3)24(32)38-22/h8-9,19-20,22-23,33-36H,7,10-16H2,1-6H3. The highest BCUT2D eigenvalue weighted by Crippen LogP contribution is 2.71. The second-order valence-corrected chi connectivity index (χ2v) is 13.3. The van der Waals surface area contributed by atoms with Crippen LogP contribution in [0.25, 0.3) is 0 Å². The lowest BCUT2D eigenvalue weighted by Crippen LogP contribution is -2.76. The molecule has 0 amide bonds. The van der Waals surface area contributed by atoms with E-state index in [2.05, 4.69) is 0 Å². The average molecular weight is 533 g/mol. The smallest absolute Gasteiger partial charge is 0.334 e. The summed E-state index contributed by atoms with van der Waals surface area (Å²) in [5, 5.41) is 49.0. The van der Waals surface area contributed by atoms with Crippen molar-refractivity contribution in [2.45, 2.75) is 121 Å². The van der Waals surface area contributed by atoms with Crippen molar-refractivity contribution >= 4 is 11.8 Å². The molecule has 5 rings (SSSR count). The molecule has 3 fully saturated rings. The van der Waals surface area contributed by atoms with Crippen LogP contribution in [0.15, 0.2) is 23.3 Å². The van der Waals surface area contributed by atoms with Crippen LogP contribution in [0.4, 0.5) is 0 Å². The van der Waals surface area contributed by atoms with Gasteiger partial charge in [0, 0.05) is 24.0 Å². The minimum absolute atomic E-state index is 0.111. The highest BCUT2D eigenvalue weighted by atomic mass is 16.6. The summed E-state index contributed by atoms with van der Waals surface area (Å²) in [5.41, 5.74) is -7.41. The van der Waals surface area contributed by atoms with Gasteiger partial charge in [0.2, 0.25) is 0 Å². The van der Waals surface area contributed by atoms with E-state index in [1.807, 2.05) is 27.7 Å².